The summed E-state index contributed by atoms with van der Waals surface area (Å²) in [7, 11) is 0.271. The number of halogens is 3. The summed E-state index contributed by atoms with van der Waals surface area (Å²) in [5.74, 6) is 0. The third-order valence-electron chi connectivity index (χ3n) is 1.13. The average Bonchev–Trinajstić information content (AvgIpc) is 1.85. The minimum Gasteiger partial charge on any atom is -0.870 e. The van der Waals surface area contributed by atoms with Gasteiger partial charge in [0.15, 0.2) is 0 Å². The van der Waals surface area contributed by atoms with E-state index in [0.717, 1.165) is 0 Å². The maximum Gasteiger partial charge on any atom is 1.00 e. The summed E-state index contributed by atoms with van der Waals surface area (Å²) in [6.45, 7) is 0. The molecule has 0 atom stereocenters. The zero-order chi connectivity index (χ0) is 8.32. The van der Waals surface area contributed by atoms with Crippen LogP contribution in [0.25, 0.3) is 0 Å². The van der Waals surface area contributed by atoms with E-state index in [2.05, 4.69) is 0 Å². The molecular formula is C7H7BF3NaO2. The number of hydrogen-bond acceptors (Lipinski definition) is 2. The van der Waals surface area contributed by atoms with Crippen LogP contribution in [0.3, 0.4) is 0 Å². The fourth-order valence-corrected chi connectivity index (χ4v) is 0.738. The molecule has 0 heterocycles. The van der Waals surface area contributed by atoms with Crippen LogP contribution in [-0.2, 0) is 0 Å². The van der Waals surface area contributed by atoms with Gasteiger partial charge in [-0.3, -0.25) is 0 Å². The normalized spacial score (nSPS) is 8.50. The van der Waals surface area contributed by atoms with Gasteiger partial charge in [0, 0.05) is 0 Å². The molecule has 0 aliphatic rings. The summed E-state index contributed by atoms with van der Waals surface area (Å²) in [5.41, 5.74) is 0.181. The van der Waals surface area contributed by atoms with Crippen molar-refractivity contribution in [1.29, 1.82) is 0 Å². The van der Waals surface area contributed by atoms with Crippen molar-refractivity contribution in [2.24, 2.45) is 0 Å². The second-order valence-electron chi connectivity index (χ2n) is 2.10. The quantitative estimate of drug-likeness (QED) is 0.517. The van der Waals surface area contributed by atoms with Crippen molar-refractivity contribution in [2.45, 2.75) is 6.08 Å². The summed E-state index contributed by atoms with van der Waals surface area (Å²) in [6, 6.07) is 7.63. The summed E-state index contributed by atoms with van der Waals surface area (Å²) in [6.07, 6.45) is -4.22. The van der Waals surface area contributed by atoms with Gasteiger partial charge in [0.2, 0.25) is 0 Å². The van der Waals surface area contributed by atoms with Crippen molar-refractivity contribution in [1.82, 2.24) is 0 Å². The molecule has 0 spiro atoms. The molecule has 2 N–H and O–H groups in total. The first-order valence-electron chi connectivity index (χ1n) is 3.05. The van der Waals surface area contributed by atoms with Crippen molar-refractivity contribution in [2.75, 3.05) is 0 Å². The van der Waals surface area contributed by atoms with Gasteiger partial charge in [-0.05, 0) is 0 Å². The Bertz CT molecular complexity index is 230. The van der Waals surface area contributed by atoms with E-state index in [4.69, 9.17) is 0 Å². The largest absolute Gasteiger partial charge is 1.00 e. The molecule has 7 heteroatoms. The Balaban J connectivity index is -0.000000403. The molecule has 0 saturated heterocycles. The van der Waals surface area contributed by atoms with Crippen molar-refractivity contribution in [3.05, 3.63) is 30.3 Å². The molecule has 1 aromatic carbocycles. The standard InChI is InChI=1S/C7H5BF3.Na.2H2O/c9-7(10,11)8-6-4-2-1-3-5-6;;;/h1-5H;;2*1H2/q2*+1;;/p-2. The maximum absolute atomic E-state index is 11.7. The fraction of sp³-hybridized carbons (Fsp3) is 0.143. The van der Waals surface area contributed by atoms with Crippen molar-refractivity contribution in [3.8, 4) is 0 Å². The molecule has 0 aliphatic heterocycles. The molecule has 0 saturated carbocycles. The van der Waals surface area contributed by atoms with Gasteiger partial charge in [0.1, 0.15) is 0 Å². The van der Waals surface area contributed by atoms with E-state index in [-0.39, 0.29) is 53.3 Å². The van der Waals surface area contributed by atoms with E-state index < -0.39 is 6.08 Å². The molecular weight excluding hydrogens is 207 g/mol. The van der Waals surface area contributed by atoms with E-state index >= 15 is 0 Å². The SMILES string of the molecule is FC(F)(F)[B+]c1ccccc1.[Na+].[OH-].[OH-]. The van der Waals surface area contributed by atoms with Gasteiger partial charge in [-0.2, -0.15) is 0 Å². The topological polar surface area (TPSA) is 60.0 Å². The van der Waals surface area contributed by atoms with Crippen molar-refractivity contribution >= 4 is 12.7 Å². The summed E-state index contributed by atoms with van der Waals surface area (Å²) in [4.78, 5) is 0. The maximum atomic E-state index is 11.7. The zero-order valence-corrected chi connectivity index (χ0v) is 9.49. The Morgan fingerprint density at radius 1 is 0.929 bits per heavy atom. The Morgan fingerprint density at radius 2 is 1.36 bits per heavy atom. The van der Waals surface area contributed by atoms with Crippen molar-refractivity contribution < 1.29 is 53.7 Å². The van der Waals surface area contributed by atoms with Crippen LogP contribution >= 0.6 is 0 Å². The van der Waals surface area contributed by atoms with Gasteiger partial charge < -0.3 is 11.0 Å². The molecule has 14 heavy (non-hydrogen) atoms. The van der Waals surface area contributed by atoms with Crippen LogP contribution in [0.2, 0.25) is 0 Å². The van der Waals surface area contributed by atoms with Gasteiger partial charge in [0.05, 0.1) is 0 Å². The van der Waals surface area contributed by atoms with Gasteiger partial charge in [-0.1, -0.05) is 0 Å². The Kier molecular flexibility index (Phi) is 11.6. The molecule has 0 radical (unpaired) electrons. The Hall–Kier alpha value is -0.00506. The predicted molar refractivity (Wildman–Crippen MR) is 41.8 cm³/mol. The van der Waals surface area contributed by atoms with Gasteiger partial charge >= 0.3 is 91.9 Å². The van der Waals surface area contributed by atoms with Gasteiger partial charge in [-0.15, -0.1) is 0 Å². The van der Waals surface area contributed by atoms with Crippen molar-refractivity contribution in [3.63, 3.8) is 0 Å². The number of alkyl halides is 3. The average molecular weight is 214 g/mol. The van der Waals surface area contributed by atoms with Gasteiger partial charge in [-0.25, -0.2) is 0 Å². The second kappa shape index (κ2) is 8.32. The van der Waals surface area contributed by atoms with E-state index in [9.17, 15) is 13.2 Å². The second-order valence-corrected chi connectivity index (χ2v) is 2.10. The number of hydrogen-bond donors (Lipinski definition) is 0. The number of benzene rings is 1. The van der Waals surface area contributed by atoms with Crippen LogP contribution in [0.5, 0.6) is 0 Å². The first kappa shape index (κ1) is 19.5. The van der Waals surface area contributed by atoms with Crippen LogP contribution in [0.1, 0.15) is 0 Å². The summed E-state index contributed by atoms with van der Waals surface area (Å²) < 4.78 is 35.1. The fourth-order valence-electron chi connectivity index (χ4n) is 0.738. The Labute approximate surface area is 103 Å². The number of rotatable bonds is 1. The monoisotopic (exact) mass is 214 g/mol. The van der Waals surface area contributed by atoms with Crippen LogP contribution in [-0.4, -0.2) is 24.3 Å². The first-order valence-corrected chi connectivity index (χ1v) is 3.05. The van der Waals surface area contributed by atoms with Crippen LogP contribution < -0.4 is 35.0 Å². The van der Waals surface area contributed by atoms with E-state index in [1.165, 1.54) is 12.1 Å². The van der Waals surface area contributed by atoms with Crippen LogP contribution in [0, 0.1) is 0 Å². The first-order chi connectivity index (χ1) is 5.08. The van der Waals surface area contributed by atoms with Crippen LogP contribution in [0.4, 0.5) is 13.2 Å². The molecule has 0 fully saturated rings. The zero-order valence-electron chi connectivity index (χ0n) is 7.49. The van der Waals surface area contributed by atoms with E-state index in [0.29, 0.717) is 0 Å². The summed E-state index contributed by atoms with van der Waals surface area (Å²) >= 11 is 0. The third kappa shape index (κ3) is 8.59. The summed E-state index contributed by atoms with van der Waals surface area (Å²) in [5, 5.41) is 0. The molecule has 0 aliphatic carbocycles. The smallest absolute Gasteiger partial charge is 0.870 e. The third-order valence-corrected chi connectivity index (χ3v) is 1.13. The molecule has 0 bridgehead atoms. The molecule has 0 amide bonds. The Morgan fingerprint density at radius 3 is 1.71 bits per heavy atom. The minimum atomic E-state index is -4.22. The van der Waals surface area contributed by atoms with E-state index in [1.54, 1.807) is 18.2 Å². The molecule has 1 aromatic rings. The van der Waals surface area contributed by atoms with Crippen LogP contribution in [0.15, 0.2) is 30.3 Å². The minimum absolute atomic E-state index is 0. The van der Waals surface area contributed by atoms with E-state index in [1.807, 2.05) is 0 Å². The molecule has 2 nitrogen and oxygen atoms in total. The van der Waals surface area contributed by atoms with Gasteiger partial charge in [0.25, 0.3) is 0 Å². The molecule has 0 aromatic heterocycles. The molecule has 72 valence electrons. The molecule has 1 rings (SSSR count). The predicted octanol–water partition coefficient (Wildman–Crippen LogP) is -1.81. The molecule has 0 unspecified atom stereocenters.